The van der Waals surface area contributed by atoms with E-state index < -0.39 is 0 Å². The molecule has 0 saturated heterocycles. The monoisotopic (exact) mass is 233 g/mol. The summed E-state index contributed by atoms with van der Waals surface area (Å²) in [5, 5.41) is 1.28. The average Bonchev–Trinajstić information content (AvgIpc) is 2.44. The van der Waals surface area contributed by atoms with E-state index in [9.17, 15) is 0 Å². The van der Waals surface area contributed by atoms with Crippen LogP contribution in [0.5, 0.6) is 0 Å². The molecule has 14 heavy (non-hydrogen) atoms. The van der Waals surface area contributed by atoms with Crippen molar-refractivity contribution >= 4 is 22.9 Å². The maximum atomic E-state index is 6.03. The number of halogens is 1. The number of aromatic nitrogens is 1. The Labute approximate surface area is 94.3 Å². The largest absolute Gasteiger partial charge is 0.383 e. The van der Waals surface area contributed by atoms with Gasteiger partial charge in [-0.25, -0.2) is 4.98 Å². The molecule has 0 bridgehead atoms. The van der Waals surface area contributed by atoms with Crippen molar-refractivity contribution in [2.24, 2.45) is 0 Å². The van der Waals surface area contributed by atoms with Crippen molar-refractivity contribution in [1.82, 2.24) is 4.98 Å². The molecule has 0 aliphatic carbocycles. The Morgan fingerprint density at radius 2 is 2.21 bits per heavy atom. The van der Waals surface area contributed by atoms with Gasteiger partial charge in [0.1, 0.15) is 0 Å². The van der Waals surface area contributed by atoms with Crippen molar-refractivity contribution in [3.8, 4) is 0 Å². The Hall–Kier alpha value is -0.120. The van der Waals surface area contributed by atoms with Gasteiger partial charge in [0.05, 0.1) is 22.7 Å². The quantitative estimate of drug-likeness (QED) is 0.730. The van der Waals surface area contributed by atoms with Crippen molar-refractivity contribution in [2.45, 2.75) is 32.1 Å². The number of ether oxygens (including phenoxy) is 1. The van der Waals surface area contributed by atoms with Gasteiger partial charge in [-0.15, -0.1) is 22.9 Å². The summed E-state index contributed by atoms with van der Waals surface area (Å²) in [6.07, 6.45) is 1.89. The molecule has 0 N–H and O–H groups in total. The zero-order valence-corrected chi connectivity index (χ0v) is 10.4. The summed E-state index contributed by atoms with van der Waals surface area (Å²) >= 11 is 7.79. The van der Waals surface area contributed by atoms with Crippen LogP contribution in [-0.4, -0.2) is 24.1 Å². The fraction of sp³-hybridized carbons (Fsp3) is 0.700. The van der Waals surface area contributed by atoms with Crippen LogP contribution in [0.3, 0.4) is 0 Å². The summed E-state index contributed by atoms with van der Waals surface area (Å²) in [6.45, 7) is 4.76. The van der Waals surface area contributed by atoms with Gasteiger partial charge < -0.3 is 4.74 Å². The van der Waals surface area contributed by atoms with Gasteiger partial charge in [0.2, 0.25) is 0 Å². The van der Waals surface area contributed by atoms with E-state index in [1.165, 1.54) is 9.88 Å². The van der Waals surface area contributed by atoms with Gasteiger partial charge in [-0.3, -0.25) is 0 Å². The third-order valence-corrected chi connectivity index (χ3v) is 3.57. The van der Waals surface area contributed by atoms with Crippen molar-refractivity contribution in [3.05, 3.63) is 15.6 Å². The van der Waals surface area contributed by atoms with Crippen LogP contribution < -0.4 is 0 Å². The van der Waals surface area contributed by atoms with Crippen LogP contribution in [0.4, 0.5) is 0 Å². The second-order valence-corrected chi connectivity index (χ2v) is 5.25. The Balaban J connectivity index is 2.38. The molecular weight excluding hydrogens is 218 g/mol. The third kappa shape index (κ3) is 3.56. The smallest absolute Gasteiger partial charge is 0.0931 e. The van der Waals surface area contributed by atoms with Crippen LogP contribution in [-0.2, 0) is 11.2 Å². The Morgan fingerprint density at radius 3 is 2.71 bits per heavy atom. The zero-order chi connectivity index (χ0) is 10.6. The summed E-state index contributed by atoms with van der Waals surface area (Å²) in [4.78, 5) is 5.76. The number of hydrogen-bond donors (Lipinski definition) is 0. The third-order valence-electron chi connectivity index (χ3n) is 2.09. The Morgan fingerprint density at radius 1 is 1.50 bits per heavy atom. The lowest BCUT2D eigenvalue weighted by Crippen LogP contribution is -2.08. The molecule has 0 spiro atoms. The second kappa shape index (κ2) is 5.69. The summed E-state index contributed by atoms with van der Waals surface area (Å²) in [7, 11) is 1.67. The lowest BCUT2D eigenvalue weighted by molar-refractivity contribution is 0.195. The highest BCUT2D eigenvalue weighted by molar-refractivity contribution is 7.11. The van der Waals surface area contributed by atoms with Crippen LogP contribution in [0.2, 0.25) is 0 Å². The van der Waals surface area contributed by atoms with Crippen LogP contribution in [0.15, 0.2) is 0 Å². The van der Waals surface area contributed by atoms with Crippen molar-refractivity contribution < 1.29 is 4.74 Å². The maximum absolute atomic E-state index is 6.03. The Bertz CT molecular complexity index is 268. The van der Waals surface area contributed by atoms with Crippen LogP contribution in [0.1, 0.15) is 22.0 Å². The molecule has 0 aliphatic heterocycles. The first-order chi connectivity index (χ1) is 6.63. The van der Waals surface area contributed by atoms with Gasteiger partial charge in [-0.1, -0.05) is 0 Å². The summed E-state index contributed by atoms with van der Waals surface area (Å²) in [6, 6.07) is 0. The standard InChI is InChI=1S/C10H16ClNOS/c1-7-8(2)14-10(12-7)5-4-9(11)6-13-3/h9H,4-6H2,1-3H3. The van der Waals surface area contributed by atoms with E-state index in [1.807, 2.05) is 6.92 Å². The van der Waals surface area contributed by atoms with E-state index in [2.05, 4.69) is 11.9 Å². The first kappa shape index (κ1) is 12.0. The van der Waals surface area contributed by atoms with Gasteiger partial charge in [-0.2, -0.15) is 0 Å². The molecule has 0 radical (unpaired) electrons. The predicted molar refractivity (Wildman–Crippen MR) is 61.4 cm³/mol. The molecule has 80 valence electrons. The molecule has 1 heterocycles. The average molecular weight is 234 g/mol. The lowest BCUT2D eigenvalue weighted by Gasteiger charge is -2.05. The van der Waals surface area contributed by atoms with Crippen molar-refractivity contribution in [1.29, 1.82) is 0 Å². The Kier molecular flexibility index (Phi) is 4.85. The highest BCUT2D eigenvalue weighted by atomic mass is 35.5. The summed E-state index contributed by atoms with van der Waals surface area (Å²) < 4.78 is 4.97. The molecule has 1 unspecified atom stereocenters. The molecule has 0 aromatic carbocycles. The highest BCUT2D eigenvalue weighted by Gasteiger charge is 2.07. The molecule has 1 rings (SSSR count). The van der Waals surface area contributed by atoms with E-state index in [-0.39, 0.29) is 5.38 Å². The van der Waals surface area contributed by atoms with E-state index in [0.29, 0.717) is 6.61 Å². The number of methoxy groups -OCH3 is 1. The fourth-order valence-corrected chi connectivity index (χ4v) is 2.37. The molecule has 0 saturated carbocycles. The SMILES string of the molecule is COCC(Cl)CCc1nc(C)c(C)s1. The van der Waals surface area contributed by atoms with Crippen molar-refractivity contribution in [2.75, 3.05) is 13.7 Å². The van der Waals surface area contributed by atoms with Gasteiger partial charge in [0.15, 0.2) is 0 Å². The van der Waals surface area contributed by atoms with Gasteiger partial charge in [0, 0.05) is 18.4 Å². The van der Waals surface area contributed by atoms with Crippen LogP contribution in [0, 0.1) is 13.8 Å². The molecule has 0 fully saturated rings. The molecule has 1 atom stereocenters. The number of nitrogens with zero attached hydrogens (tertiary/aromatic N) is 1. The normalized spacial score (nSPS) is 13.1. The molecular formula is C10H16ClNOS. The second-order valence-electron chi connectivity index (χ2n) is 3.34. The minimum Gasteiger partial charge on any atom is -0.383 e. The first-order valence-corrected chi connectivity index (χ1v) is 5.94. The van der Waals surface area contributed by atoms with Gasteiger partial charge in [0.25, 0.3) is 0 Å². The number of alkyl halides is 1. The number of hydrogen-bond acceptors (Lipinski definition) is 3. The summed E-state index contributed by atoms with van der Waals surface area (Å²) in [5.74, 6) is 0. The molecule has 0 amide bonds. The highest BCUT2D eigenvalue weighted by Crippen LogP contribution is 2.19. The molecule has 2 nitrogen and oxygen atoms in total. The van der Waals surface area contributed by atoms with E-state index in [4.69, 9.17) is 16.3 Å². The predicted octanol–water partition coefficient (Wildman–Crippen LogP) is 2.95. The van der Waals surface area contributed by atoms with Gasteiger partial charge >= 0.3 is 0 Å². The minimum absolute atomic E-state index is 0.101. The topological polar surface area (TPSA) is 22.1 Å². The number of rotatable bonds is 5. The molecule has 4 heteroatoms. The zero-order valence-electron chi connectivity index (χ0n) is 8.84. The van der Waals surface area contributed by atoms with E-state index in [1.54, 1.807) is 18.4 Å². The summed E-state index contributed by atoms with van der Waals surface area (Å²) in [5.41, 5.74) is 1.14. The van der Waals surface area contributed by atoms with Gasteiger partial charge in [-0.05, 0) is 20.3 Å². The maximum Gasteiger partial charge on any atom is 0.0931 e. The lowest BCUT2D eigenvalue weighted by atomic mass is 10.2. The van der Waals surface area contributed by atoms with E-state index in [0.717, 1.165) is 18.5 Å². The first-order valence-electron chi connectivity index (χ1n) is 4.69. The van der Waals surface area contributed by atoms with Crippen LogP contribution in [0.25, 0.3) is 0 Å². The number of thiazole rings is 1. The number of aryl methyl sites for hydroxylation is 3. The minimum atomic E-state index is 0.101. The molecule has 1 aromatic rings. The van der Waals surface area contributed by atoms with Crippen LogP contribution >= 0.6 is 22.9 Å². The molecule has 1 aromatic heterocycles. The fourth-order valence-electron chi connectivity index (χ4n) is 1.19. The van der Waals surface area contributed by atoms with Crippen molar-refractivity contribution in [3.63, 3.8) is 0 Å². The van der Waals surface area contributed by atoms with E-state index >= 15 is 0 Å². The molecule has 0 aliphatic rings.